The maximum Gasteiger partial charge on any atom is 0.432 e. The van der Waals surface area contributed by atoms with Gasteiger partial charge in [0.15, 0.2) is 17.5 Å². The Hall–Kier alpha value is -3.14. The number of hydrogen-bond donors (Lipinski definition) is 0. The summed E-state index contributed by atoms with van der Waals surface area (Å²) in [5.41, 5.74) is -1.66. The molecular weight excluding hydrogens is 508 g/mol. The van der Waals surface area contributed by atoms with Crippen molar-refractivity contribution in [1.82, 2.24) is 0 Å². The van der Waals surface area contributed by atoms with Crippen LogP contribution >= 0.6 is 0 Å². The zero-order valence-corrected chi connectivity index (χ0v) is 19.6. The monoisotopic (exact) mass is 530 g/mol. The van der Waals surface area contributed by atoms with Crippen molar-refractivity contribution < 1.29 is 44.6 Å². The Morgan fingerprint density at radius 3 is 1.89 bits per heavy atom. The van der Waals surface area contributed by atoms with Crippen molar-refractivity contribution in [1.29, 1.82) is 0 Å². The van der Waals surface area contributed by atoms with Gasteiger partial charge in [-0.25, -0.2) is 26.3 Å². The standard InChI is InChI=1S/C27H22F8O2/c1-36-13-14-2-4-15(5-3-14)16-6-7-19(20(28)8-16)17-9-21(29)25(22(30)10-17)27(34,35)37-18-11-23(31)26(33)24(32)12-18/h6-12,14-15H,2-5,13H2,1H3. The zero-order chi connectivity index (χ0) is 26.9. The molecule has 1 saturated carbocycles. The summed E-state index contributed by atoms with van der Waals surface area (Å²) in [6.45, 7) is 0.662. The fraction of sp³-hybridized carbons (Fsp3) is 0.333. The highest BCUT2D eigenvalue weighted by Crippen LogP contribution is 2.40. The summed E-state index contributed by atoms with van der Waals surface area (Å²) < 4.78 is 122. The molecule has 1 aliphatic rings. The van der Waals surface area contributed by atoms with Crippen LogP contribution in [0.4, 0.5) is 35.1 Å². The first-order valence-electron chi connectivity index (χ1n) is 11.5. The van der Waals surface area contributed by atoms with Crippen molar-refractivity contribution >= 4 is 0 Å². The van der Waals surface area contributed by atoms with Crippen LogP contribution in [0, 0.1) is 40.8 Å². The Morgan fingerprint density at radius 2 is 1.35 bits per heavy atom. The van der Waals surface area contributed by atoms with Gasteiger partial charge in [-0.3, -0.25) is 0 Å². The first kappa shape index (κ1) is 26.9. The molecule has 0 spiro atoms. The van der Waals surface area contributed by atoms with Gasteiger partial charge in [0.2, 0.25) is 0 Å². The predicted octanol–water partition coefficient (Wildman–Crippen LogP) is 8.24. The average Bonchev–Trinajstić information content (AvgIpc) is 2.82. The van der Waals surface area contributed by atoms with Gasteiger partial charge in [0.25, 0.3) is 0 Å². The molecule has 3 aromatic carbocycles. The van der Waals surface area contributed by atoms with Crippen molar-refractivity contribution in [2.75, 3.05) is 13.7 Å². The van der Waals surface area contributed by atoms with Crippen LogP contribution in [-0.2, 0) is 10.8 Å². The van der Waals surface area contributed by atoms with Crippen LogP contribution in [0.25, 0.3) is 11.1 Å². The quantitative estimate of drug-likeness (QED) is 0.226. The Kier molecular flexibility index (Phi) is 7.77. The minimum atomic E-state index is -4.73. The lowest BCUT2D eigenvalue weighted by Crippen LogP contribution is -2.25. The molecule has 0 heterocycles. The van der Waals surface area contributed by atoms with E-state index >= 15 is 0 Å². The van der Waals surface area contributed by atoms with Crippen molar-refractivity contribution in [3.05, 3.63) is 88.5 Å². The molecule has 0 aliphatic heterocycles. The summed E-state index contributed by atoms with van der Waals surface area (Å²) in [6.07, 6.45) is -1.21. The van der Waals surface area contributed by atoms with E-state index in [0.29, 0.717) is 24.7 Å². The highest BCUT2D eigenvalue weighted by atomic mass is 19.3. The maximum absolute atomic E-state index is 14.9. The Morgan fingerprint density at radius 1 is 0.757 bits per heavy atom. The first-order valence-corrected chi connectivity index (χ1v) is 11.5. The molecule has 198 valence electrons. The van der Waals surface area contributed by atoms with E-state index in [1.165, 1.54) is 12.1 Å². The number of alkyl halides is 2. The van der Waals surface area contributed by atoms with E-state index in [1.807, 2.05) is 0 Å². The molecule has 4 rings (SSSR count). The molecule has 10 heteroatoms. The van der Waals surface area contributed by atoms with Gasteiger partial charge in [-0.05, 0) is 66.8 Å². The lowest BCUT2D eigenvalue weighted by molar-refractivity contribution is -0.189. The SMILES string of the molecule is COCC1CCC(c2ccc(-c3cc(F)c(C(F)(F)Oc4cc(F)c(F)c(F)c4)c(F)c3)c(F)c2)CC1. The number of benzene rings is 3. The Labute approximate surface area is 207 Å². The molecule has 0 aromatic heterocycles. The second-order valence-electron chi connectivity index (χ2n) is 9.05. The van der Waals surface area contributed by atoms with E-state index in [2.05, 4.69) is 4.74 Å². The molecule has 0 saturated heterocycles. The van der Waals surface area contributed by atoms with Crippen molar-refractivity contribution in [2.45, 2.75) is 37.7 Å². The van der Waals surface area contributed by atoms with Crippen molar-refractivity contribution in [2.24, 2.45) is 5.92 Å². The maximum atomic E-state index is 14.9. The third-order valence-corrected chi connectivity index (χ3v) is 6.56. The van der Waals surface area contributed by atoms with E-state index in [-0.39, 0.29) is 29.2 Å². The molecule has 0 atom stereocenters. The summed E-state index contributed by atoms with van der Waals surface area (Å²) in [7, 11) is 1.64. The summed E-state index contributed by atoms with van der Waals surface area (Å²) in [5.74, 6) is -10.5. The molecule has 0 bridgehead atoms. The second kappa shape index (κ2) is 10.7. The molecular formula is C27H22F8O2. The fourth-order valence-corrected chi connectivity index (χ4v) is 4.71. The van der Waals surface area contributed by atoms with Crippen LogP contribution in [0.15, 0.2) is 42.5 Å². The van der Waals surface area contributed by atoms with E-state index in [0.717, 1.165) is 31.2 Å². The van der Waals surface area contributed by atoms with Gasteiger partial charge < -0.3 is 9.47 Å². The van der Waals surface area contributed by atoms with Crippen molar-refractivity contribution in [3.63, 3.8) is 0 Å². The number of methoxy groups -OCH3 is 1. The van der Waals surface area contributed by atoms with Crippen LogP contribution in [-0.4, -0.2) is 13.7 Å². The van der Waals surface area contributed by atoms with Gasteiger partial charge in [0.1, 0.15) is 28.8 Å². The molecule has 0 unspecified atom stereocenters. The van der Waals surface area contributed by atoms with Gasteiger partial charge in [0.05, 0.1) is 0 Å². The Bertz CT molecular complexity index is 1240. The molecule has 2 nitrogen and oxygen atoms in total. The smallest absolute Gasteiger partial charge is 0.429 e. The minimum Gasteiger partial charge on any atom is -0.429 e. The number of halogens is 8. The molecule has 0 amide bonds. The van der Waals surface area contributed by atoms with Crippen LogP contribution in [0.1, 0.15) is 42.7 Å². The van der Waals surface area contributed by atoms with Crippen LogP contribution in [0.5, 0.6) is 5.75 Å². The van der Waals surface area contributed by atoms with Gasteiger partial charge in [-0.1, -0.05) is 12.1 Å². The highest BCUT2D eigenvalue weighted by molar-refractivity contribution is 5.65. The fourth-order valence-electron chi connectivity index (χ4n) is 4.71. The molecule has 0 radical (unpaired) electrons. The van der Waals surface area contributed by atoms with Crippen LogP contribution < -0.4 is 4.74 Å². The van der Waals surface area contributed by atoms with E-state index < -0.39 is 52.3 Å². The zero-order valence-electron chi connectivity index (χ0n) is 19.6. The third kappa shape index (κ3) is 5.74. The van der Waals surface area contributed by atoms with Crippen molar-refractivity contribution in [3.8, 4) is 16.9 Å². The highest BCUT2D eigenvalue weighted by Gasteiger charge is 2.41. The lowest BCUT2D eigenvalue weighted by atomic mass is 9.78. The summed E-state index contributed by atoms with van der Waals surface area (Å²) in [4.78, 5) is 0. The summed E-state index contributed by atoms with van der Waals surface area (Å²) in [6, 6.07) is 5.48. The van der Waals surface area contributed by atoms with E-state index in [1.54, 1.807) is 13.2 Å². The molecule has 37 heavy (non-hydrogen) atoms. The van der Waals surface area contributed by atoms with Crippen LogP contribution in [0.3, 0.4) is 0 Å². The normalized spacial score (nSPS) is 18.2. The minimum absolute atomic E-state index is 0.109. The molecule has 1 aliphatic carbocycles. The summed E-state index contributed by atoms with van der Waals surface area (Å²) >= 11 is 0. The topological polar surface area (TPSA) is 18.5 Å². The second-order valence-corrected chi connectivity index (χ2v) is 9.05. The predicted molar refractivity (Wildman–Crippen MR) is 119 cm³/mol. The summed E-state index contributed by atoms with van der Waals surface area (Å²) in [5, 5.41) is 0. The number of ether oxygens (including phenoxy) is 2. The molecule has 0 N–H and O–H groups in total. The van der Waals surface area contributed by atoms with E-state index in [4.69, 9.17) is 4.74 Å². The largest absolute Gasteiger partial charge is 0.432 e. The average molecular weight is 530 g/mol. The van der Waals surface area contributed by atoms with E-state index in [9.17, 15) is 35.1 Å². The number of rotatable bonds is 7. The van der Waals surface area contributed by atoms with Crippen LogP contribution in [0.2, 0.25) is 0 Å². The van der Waals surface area contributed by atoms with Gasteiger partial charge >= 0.3 is 6.11 Å². The number of hydrogen-bond acceptors (Lipinski definition) is 2. The third-order valence-electron chi connectivity index (χ3n) is 6.56. The van der Waals surface area contributed by atoms with Gasteiger partial charge in [0, 0.05) is 31.4 Å². The molecule has 3 aromatic rings. The first-order chi connectivity index (χ1) is 17.5. The van der Waals surface area contributed by atoms with Gasteiger partial charge in [-0.2, -0.15) is 8.78 Å². The van der Waals surface area contributed by atoms with Gasteiger partial charge in [-0.15, -0.1) is 0 Å². The Balaban J connectivity index is 1.57. The molecule has 1 fully saturated rings. The lowest BCUT2D eigenvalue weighted by Gasteiger charge is -2.28.